The Morgan fingerprint density at radius 1 is 1.11 bits per heavy atom. The highest BCUT2D eigenvalue weighted by Gasteiger charge is 2.32. The van der Waals surface area contributed by atoms with E-state index in [1.165, 1.54) is 27.9 Å². The first-order chi connectivity index (χ1) is 18.0. The Morgan fingerprint density at radius 3 is 2.57 bits per heavy atom. The average molecular weight is 492 g/mol. The molecule has 0 fully saturated rings. The standard InChI is InChI=1S/C33H37N3O/c1-24(37-4)27-16-19-33(3,20-17-27)25(2)35-32-31-30(18-21-34-32)11-8-22-36(31)23-26-12-14-29(15-13-26)28-9-6-5-7-10-28/h5-7,9-10,12-19,21,25H,1,8,11,20,22-23H2,2-4H3,(H,34,35). The molecule has 0 saturated heterocycles. The summed E-state index contributed by atoms with van der Waals surface area (Å²) in [6.07, 6.45) is 11.8. The van der Waals surface area contributed by atoms with Gasteiger partial charge < -0.3 is 15.0 Å². The van der Waals surface area contributed by atoms with E-state index >= 15 is 0 Å². The summed E-state index contributed by atoms with van der Waals surface area (Å²) in [7, 11) is 1.67. The van der Waals surface area contributed by atoms with E-state index in [0.717, 1.165) is 43.7 Å². The van der Waals surface area contributed by atoms with E-state index in [1.807, 2.05) is 6.20 Å². The summed E-state index contributed by atoms with van der Waals surface area (Å²) < 4.78 is 5.32. The van der Waals surface area contributed by atoms with Crippen LogP contribution in [0.2, 0.25) is 0 Å². The Labute approximate surface area is 221 Å². The summed E-state index contributed by atoms with van der Waals surface area (Å²) in [4.78, 5) is 7.33. The van der Waals surface area contributed by atoms with Crippen LogP contribution in [0.1, 0.15) is 37.8 Å². The SMILES string of the molecule is C=C(OC)C1=CCC(C)(C(C)Nc2nccc3c2N(Cc2ccc(-c4ccccc4)cc2)CCC3)C=C1. The second-order valence-electron chi connectivity index (χ2n) is 10.5. The third kappa shape index (κ3) is 5.34. The number of methoxy groups -OCH3 is 1. The number of aromatic nitrogens is 1. The number of anilines is 2. The molecule has 2 aromatic carbocycles. The van der Waals surface area contributed by atoms with Gasteiger partial charge in [0.15, 0.2) is 0 Å². The van der Waals surface area contributed by atoms with Gasteiger partial charge in [0.05, 0.1) is 12.8 Å². The summed E-state index contributed by atoms with van der Waals surface area (Å²) in [5.41, 5.74) is 7.47. The summed E-state index contributed by atoms with van der Waals surface area (Å²) >= 11 is 0. The Morgan fingerprint density at radius 2 is 1.86 bits per heavy atom. The lowest BCUT2D eigenvalue weighted by Gasteiger charge is -2.38. The van der Waals surface area contributed by atoms with Crippen molar-refractivity contribution in [3.05, 3.63) is 114 Å². The third-order valence-electron chi connectivity index (χ3n) is 7.95. The van der Waals surface area contributed by atoms with E-state index in [0.29, 0.717) is 5.76 Å². The van der Waals surface area contributed by atoms with E-state index in [4.69, 9.17) is 9.72 Å². The molecule has 1 N–H and O–H groups in total. The van der Waals surface area contributed by atoms with Crippen LogP contribution in [0.25, 0.3) is 11.1 Å². The van der Waals surface area contributed by atoms with Crippen molar-refractivity contribution < 1.29 is 4.74 Å². The molecule has 1 aliphatic heterocycles. The fourth-order valence-electron chi connectivity index (χ4n) is 5.30. The fraction of sp³-hybridized carbons (Fsp3) is 0.303. The maximum atomic E-state index is 5.32. The van der Waals surface area contributed by atoms with Crippen molar-refractivity contribution in [2.24, 2.45) is 5.41 Å². The minimum absolute atomic E-state index is 0.0330. The minimum atomic E-state index is -0.0330. The van der Waals surface area contributed by atoms with Gasteiger partial charge in [-0.3, -0.25) is 0 Å². The zero-order valence-electron chi connectivity index (χ0n) is 22.2. The van der Waals surface area contributed by atoms with Crippen LogP contribution in [0.15, 0.2) is 103 Å². The van der Waals surface area contributed by atoms with Gasteiger partial charge in [0.1, 0.15) is 11.6 Å². The molecule has 0 bridgehead atoms. The van der Waals surface area contributed by atoms with Gasteiger partial charge in [-0.1, -0.05) is 86.3 Å². The predicted molar refractivity (Wildman–Crippen MR) is 155 cm³/mol. The van der Waals surface area contributed by atoms with E-state index in [-0.39, 0.29) is 11.5 Å². The number of pyridine rings is 1. The number of nitrogens with zero attached hydrogens (tertiary/aromatic N) is 2. The molecule has 5 rings (SSSR count). The van der Waals surface area contributed by atoms with Crippen LogP contribution >= 0.6 is 0 Å². The van der Waals surface area contributed by atoms with Crippen LogP contribution in [-0.2, 0) is 17.7 Å². The Hall–Kier alpha value is -3.79. The highest BCUT2D eigenvalue weighted by Crippen LogP contribution is 2.39. The van der Waals surface area contributed by atoms with Crippen LogP contribution in [0.5, 0.6) is 0 Å². The van der Waals surface area contributed by atoms with Crippen molar-refractivity contribution >= 4 is 11.5 Å². The van der Waals surface area contributed by atoms with Crippen LogP contribution in [0.4, 0.5) is 11.5 Å². The fourth-order valence-corrected chi connectivity index (χ4v) is 5.30. The van der Waals surface area contributed by atoms with Crippen LogP contribution in [0, 0.1) is 5.41 Å². The monoisotopic (exact) mass is 491 g/mol. The Balaban J connectivity index is 1.34. The topological polar surface area (TPSA) is 37.4 Å². The summed E-state index contributed by atoms with van der Waals surface area (Å²) in [6, 6.07) is 21.9. The first-order valence-electron chi connectivity index (χ1n) is 13.2. The molecule has 2 heterocycles. The maximum Gasteiger partial charge on any atom is 0.150 e. The summed E-state index contributed by atoms with van der Waals surface area (Å²) in [6.45, 7) is 10.5. The molecule has 4 heteroatoms. The molecular weight excluding hydrogens is 454 g/mol. The Bertz CT molecular complexity index is 1310. The van der Waals surface area contributed by atoms with Crippen LogP contribution in [-0.4, -0.2) is 24.7 Å². The molecule has 0 saturated carbocycles. The molecule has 190 valence electrons. The number of aryl methyl sites for hydroxylation is 1. The van der Waals surface area contributed by atoms with E-state index < -0.39 is 0 Å². The molecule has 1 aliphatic carbocycles. The third-order valence-corrected chi connectivity index (χ3v) is 7.95. The molecule has 0 radical (unpaired) electrons. The lowest BCUT2D eigenvalue weighted by molar-refractivity contribution is 0.301. The molecule has 2 aliphatic rings. The first-order valence-corrected chi connectivity index (χ1v) is 13.2. The largest absolute Gasteiger partial charge is 0.497 e. The smallest absolute Gasteiger partial charge is 0.150 e. The van der Waals surface area contributed by atoms with Gasteiger partial charge >= 0.3 is 0 Å². The van der Waals surface area contributed by atoms with Crippen molar-refractivity contribution in [2.45, 2.75) is 45.7 Å². The number of nitrogens with one attached hydrogen (secondary N) is 1. The number of benzene rings is 2. The number of ether oxygens (including phenoxy) is 1. The molecule has 2 atom stereocenters. The second kappa shape index (κ2) is 10.7. The van der Waals surface area contributed by atoms with Gasteiger partial charge in [0.2, 0.25) is 0 Å². The van der Waals surface area contributed by atoms with Gasteiger partial charge in [0, 0.05) is 36.3 Å². The van der Waals surface area contributed by atoms with Gasteiger partial charge in [0.25, 0.3) is 0 Å². The van der Waals surface area contributed by atoms with Gasteiger partial charge in [-0.15, -0.1) is 0 Å². The lowest BCUT2D eigenvalue weighted by Crippen LogP contribution is -2.37. The van der Waals surface area contributed by atoms with Crippen molar-refractivity contribution in [2.75, 3.05) is 23.9 Å². The highest BCUT2D eigenvalue weighted by atomic mass is 16.5. The van der Waals surface area contributed by atoms with Crippen LogP contribution in [0.3, 0.4) is 0 Å². The molecule has 3 aromatic rings. The molecule has 4 nitrogen and oxygen atoms in total. The lowest BCUT2D eigenvalue weighted by atomic mass is 9.76. The van der Waals surface area contributed by atoms with Gasteiger partial charge in [-0.2, -0.15) is 0 Å². The van der Waals surface area contributed by atoms with Crippen molar-refractivity contribution in [1.29, 1.82) is 0 Å². The first kappa shape index (κ1) is 24.9. The molecule has 0 spiro atoms. The predicted octanol–water partition coefficient (Wildman–Crippen LogP) is 7.55. The molecule has 2 unspecified atom stereocenters. The van der Waals surface area contributed by atoms with Gasteiger partial charge in [-0.05, 0) is 54.5 Å². The van der Waals surface area contributed by atoms with Crippen molar-refractivity contribution in [3.8, 4) is 11.1 Å². The quantitative estimate of drug-likeness (QED) is 0.330. The minimum Gasteiger partial charge on any atom is -0.497 e. The molecular formula is C33H37N3O. The van der Waals surface area contributed by atoms with E-state index in [1.54, 1.807) is 7.11 Å². The number of rotatable bonds is 8. The highest BCUT2D eigenvalue weighted by molar-refractivity contribution is 5.72. The van der Waals surface area contributed by atoms with Crippen molar-refractivity contribution in [1.82, 2.24) is 4.98 Å². The molecule has 37 heavy (non-hydrogen) atoms. The molecule has 1 aromatic heterocycles. The number of fused-ring (bicyclic) bond motifs is 1. The maximum absolute atomic E-state index is 5.32. The summed E-state index contributed by atoms with van der Waals surface area (Å²) in [5.74, 6) is 1.70. The van der Waals surface area contributed by atoms with Crippen LogP contribution < -0.4 is 10.2 Å². The van der Waals surface area contributed by atoms with Gasteiger partial charge in [-0.25, -0.2) is 4.98 Å². The summed E-state index contributed by atoms with van der Waals surface area (Å²) in [5, 5.41) is 3.80. The number of hydrogen-bond acceptors (Lipinski definition) is 4. The second-order valence-corrected chi connectivity index (χ2v) is 10.5. The normalized spacial score (nSPS) is 19.5. The number of allylic oxidation sites excluding steroid dienone is 2. The number of hydrogen-bond donors (Lipinski definition) is 1. The van der Waals surface area contributed by atoms with Crippen molar-refractivity contribution in [3.63, 3.8) is 0 Å². The zero-order valence-corrected chi connectivity index (χ0v) is 22.2. The van der Waals surface area contributed by atoms with E-state index in [2.05, 4.69) is 110 Å². The molecule has 0 amide bonds. The Kier molecular flexibility index (Phi) is 7.18. The van der Waals surface area contributed by atoms with E-state index in [9.17, 15) is 0 Å². The zero-order chi connectivity index (χ0) is 25.8. The average Bonchev–Trinajstić information content (AvgIpc) is 2.94.